The molecule has 0 spiro atoms. The van der Waals surface area contributed by atoms with Crippen molar-refractivity contribution < 1.29 is 14.3 Å². The van der Waals surface area contributed by atoms with Gasteiger partial charge in [0.25, 0.3) is 5.91 Å². The van der Waals surface area contributed by atoms with Gasteiger partial charge in [0.15, 0.2) is 6.61 Å². The van der Waals surface area contributed by atoms with Gasteiger partial charge in [-0.15, -0.1) is 0 Å². The molecule has 3 N–H and O–H groups in total. The molecule has 1 saturated heterocycles. The minimum Gasteiger partial charge on any atom is -0.482 e. The van der Waals surface area contributed by atoms with Gasteiger partial charge in [0.05, 0.1) is 5.69 Å². The monoisotopic (exact) mass is 284 g/mol. The summed E-state index contributed by atoms with van der Waals surface area (Å²) < 4.78 is 10.6. The summed E-state index contributed by atoms with van der Waals surface area (Å²) in [5, 5.41) is 3.43. The molecule has 0 radical (unpaired) electrons. The maximum atomic E-state index is 11.7. The van der Waals surface area contributed by atoms with Crippen LogP contribution in [0.4, 0.5) is 5.69 Å². The number of hydrogen-bond donors (Lipinski definition) is 2. The standard InChI is InChI=1S/C13H17ClN2O3/c14-9-1-2-11(15)12(7-9)19-8-13(17)16-10-3-5-18-6-4-10/h1-2,7,10H,3-6,8,15H2,(H,16,17). The van der Waals surface area contributed by atoms with E-state index < -0.39 is 0 Å². The zero-order valence-electron chi connectivity index (χ0n) is 10.5. The van der Waals surface area contributed by atoms with Crippen LogP contribution in [0.25, 0.3) is 0 Å². The van der Waals surface area contributed by atoms with E-state index in [4.69, 9.17) is 26.8 Å². The minimum absolute atomic E-state index is 0.0676. The Labute approximate surface area is 117 Å². The number of anilines is 1. The lowest BCUT2D eigenvalue weighted by Gasteiger charge is -2.23. The summed E-state index contributed by atoms with van der Waals surface area (Å²) in [6.45, 7) is 1.31. The Morgan fingerprint density at radius 3 is 2.95 bits per heavy atom. The van der Waals surface area contributed by atoms with Crippen molar-refractivity contribution in [2.24, 2.45) is 0 Å². The molecule has 1 fully saturated rings. The fourth-order valence-corrected chi connectivity index (χ4v) is 2.05. The van der Waals surface area contributed by atoms with Crippen LogP contribution >= 0.6 is 11.6 Å². The summed E-state index contributed by atoms with van der Waals surface area (Å²) in [7, 11) is 0. The second-order valence-electron chi connectivity index (χ2n) is 4.42. The molecule has 1 aromatic rings. The first-order valence-electron chi connectivity index (χ1n) is 6.20. The highest BCUT2D eigenvalue weighted by Crippen LogP contribution is 2.25. The van der Waals surface area contributed by atoms with Gasteiger partial charge >= 0.3 is 0 Å². The van der Waals surface area contributed by atoms with Crippen LogP contribution in [0.2, 0.25) is 5.02 Å². The van der Waals surface area contributed by atoms with Crippen LogP contribution in [0.3, 0.4) is 0 Å². The predicted molar refractivity (Wildman–Crippen MR) is 73.3 cm³/mol. The SMILES string of the molecule is Nc1ccc(Cl)cc1OCC(=O)NC1CCOCC1. The molecule has 5 nitrogen and oxygen atoms in total. The van der Waals surface area contributed by atoms with Gasteiger partial charge in [0.2, 0.25) is 0 Å². The number of hydrogen-bond acceptors (Lipinski definition) is 4. The molecule has 1 aliphatic rings. The number of carbonyl (C=O) groups excluding carboxylic acids is 1. The summed E-state index contributed by atoms with van der Waals surface area (Å²) in [5.74, 6) is 0.265. The van der Waals surface area contributed by atoms with Crippen molar-refractivity contribution in [1.29, 1.82) is 0 Å². The maximum Gasteiger partial charge on any atom is 0.258 e. The molecule has 0 aromatic heterocycles. The van der Waals surface area contributed by atoms with E-state index in [1.165, 1.54) is 0 Å². The van der Waals surface area contributed by atoms with E-state index in [0.717, 1.165) is 12.8 Å². The van der Waals surface area contributed by atoms with Gasteiger partial charge in [-0.2, -0.15) is 0 Å². The lowest BCUT2D eigenvalue weighted by atomic mass is 10.1. The molecule has 0 saturated carbocycles. The molecule has 1 amide bonds. The molecular formula is C13H17ClN2O3. The second kappa shape index (κ2) is 6.63. The highest BCUT2D eigenvalue weighted by molar-refractivity contribution is 6.30. The molecule has 6 heteroatoms. The van der Waals surface area contributed by atoms with Crippen LogP contribution in [0.1, 0.15) is 12.8 Å². The zero-order valence-corrected chi connectivity index (χ0v) is 11.3. The zero-order chi connectivity index (χ0) is 13.7. The third kappa shape index (κ3) is 4.29. The third-order valence-corrected chi connectivity index (χ3v) is 3.16. The molecule has 1 heterocycles. The molecule has 0 aliphatic carbocycles. The summed E-state index contributed by atoms with van der Waals surface area (Å²) >= 11 is 5.84. The summed E-state index contributed by atoms with van der Waals surface area (Å²) in [4.78, 5) is 11.7. The first-order valence-corrected chi connectivity index (χ1v) is 6.58. The van der Waals surface area contributed by atoms with Crippen LogP contribution in [-0.4, -0.2) is 31.8 Å². The Balaban J connectivity index is 1.81. The van der Waals surface area contributed by atoms with Gasteiger partial charge in [-0.25, -0.2) is 0 Å². The van der Waals surface area contributed by atoms with Crippen molar-refractivity contribution in [3.05, 3.63) is 23.2 Å². The molecule has 0 bridgehead atoms. The first kappa shape index (κ1) is 14.0. The van der Waals surface area contributed by atoms with Crippen molar-refractivity contribution >= 4 is 23.2 Å². The van der Waals surface area contributed by atoms with Crippen LogP contribution in [-0.2, 0) is 9.53 Å². The largest absolute Gasteiger partial charge is 0.482 e. The van der Waals surface area contributed by atoms with Crippen molar-refractivity contribution in [2.75, 3.05) is 25.6 Å². The average Bonchev–Trinajstić information content (AvgIpc) is 2.41. The van der Waals surface area contributed by atoms with Gasteiger partial charge in [0, 0.05) is 30.3 Å². The minimum atomic E-state index is -0.161. The predicted octanol–water partition coefficient (Wildman–Crippen LogP) is 1.60. The average molecular weight is 285 g/mol. The number of benzene rings is 1. The van der Waals surface area contributed by atoms with Gasteiger partial charge in [-0.1, -0.05) is 11.6 Å². The van der Waals surface area contributed by atoms with E-state index in [2.05, 4.69) is 5.32 Å². The van der Waals surface area contributed by atoms with Gasteiger partial charge < -0.3 is 20.5 Å². The van der Waals surface area contributed by atoms with Gasteiger partial charge in [0.1, 0.15) is 5.75 Å². The van der Waals surface area contributed by atoms with Crippen LogP contribution in [0.15, 0.2) is 18.2 Å². The van der Waals surface area contributed by atoms with Crippen molar-refractivity contribution in [3.8, 4) is 5.75 Å². The Kier molecular flexibility index (Phi) is 4.87. The number of amides is 1. The quantitative estimate of drug-likeness (QED) is 0.824. The summed E-state index contributed by atoms with van der Waals surface area (Å²) in [5.41, 5.74) is 6.19. The Hall–Kier alpha value is -1.46. The van der Waals surface area contributed by atoms with E-state index in [9.17, 15) is 4.79 Å². The number of nitrogens with one attached hydrogen (secondary N) is 1. The summed E-state index contributed by atoms with van der Waals surface area (Å²) in [6.07, 6.45) is 1.68. The Morgan fingerprint density at radius 2 is 2.21 bits per heavy atom. The number of nitrogens with two attached hydrogens (primary N) is 1. The third-order valence-electron chi connectivity index (χ3n) is 2.92. The molecular weight excluding hydrogens is 268 g/mol. The number of nitrogen functional groups attached to an aromatic ring is 1. The van der Waals surface area contributed by atoms with Gasteiger partial charge in [-0.05, 0) is 25.0 Å². The Bertz CT molecular complexity index is 448. The molecule has 19 heavy (non-hydrogen) atoms. The Morgan fingerprint density at radius 1 is 1.47 bits per heavy atom. The van der Waals surface area contributed by atoms with Crippen LogP contribution in [0.5, 0.6) is 5.75 Å². The fraction of sp³-hybridized carbons (Fsp3) is 0.462. The van der Waals surface area contributed by atoms with Crippen LogP contribution < -0.4 is 15.8 Å². The number of carbonyl (C=O) groups is 1. The van der Waals surface area contributed by atoms with E-state index >= 15 is 0 Å². The number of halogens is 1. The highest BCUT2D eigenvalue weighted by atomic mass is 35.5. The molecule has 104 valence electrons. The van der Waals surface area contributed by atoms with Crippen molar-refractivity contribution in [3.63, 3.8) is 0 Å². The highest BCUT2D eigenvalue weighted by Gasteiger charge is 2.16. The van der Waals surface area contributed by atoms with E-state index in [-0.39, 0.29) is 18.6 Å². The number of rotatable bonds is 4. The first-order chi connectivity index (χ1) is 9.15. The topological polar surface area (TPSA) is 73.6 Å². The van der Waals surface area contributed by atoms with E-state index in [0.29, 0.717) is 29.7 Å². The number of ether oxygens (including phenoxy) is 2. The van der Waals surface area contributed by atoms with Crippen molar-refractivity contribution in [1.82, 2.24) is 5.32 Å². The molecule has 1 aliphatic heterocycles. The summed E-state index contributed by atoms with van der Waals surface area (Å²) in [6, 6.07) is 5.08. The lowest BCUT2D eigenvalue weighted by molar-refractivity contribution is -0.124. The van der Waals surface area contributed by atoms with Crippen LogP contribution in [0, 0.1) is 0 Å². The maximum absolute atomic E-state index is 11.7. The molecule has 0 unspecified atom stereocenters. The smallest absolute Gasteiger partial charge is 0.258 e. The second-order valence-corrected chi connectivity index (χ2v) is 4.86. The van der Waals surface area contributed by atoms with E-state index in [1.807, 2.05) is 0 Å². The fourth-order valence-electron chi connectivity index (χ4n) is 1.89. The van der Waals surface area contributed by atoms with Crippen molar-refractivity contribution in [2.45, 2.75) is 18.9 Å². The molecule has 1 aromatic carbocycles. The van der Waals surface area contributed by atoms with Gasteiger partial charge in [-0.3, -0.25) is 4.79 Å². The molecule has 2 rings (SSSR count). The molecule has 0 atom stereocenters. The normalized spacial score (nSPS) is 16.1. The van der Waals surface area contributed by atoms with E-state index in [1.54, 1.807) is 18.2 Å². The lowest BCUT2D eigenvalue weighted by Crippen LogP contribution is -2.41.